The summed E-state index contributed by atoms with van der Waals surface area (Å²) in [7, 11) is 2.77. The molecule has 3 aliphatic rings. The summed E-state index contributed by atoms with van der Waals surface area (Å²) < 4.78 is 11.0. The molecule has 0 N–H and O–H groups in total. The van der Waals surface area contributed by atoms with E-state index in [1.807, 2.05) is 0 Å². The second kappa shape index (κ2) is 8.52. The van der Waals surface area contributed by atoms with Crippen molar-refractivity contribution in [1.29, 1.82) is 0 Å². The molecule has 2 unspecified atom stereocenters. The maximum atomic E-state index is 13.7. The van der Waals surface area contributed by atoms with Crippen LogP contribution in [0.2, 0.25) is 0 Å². The van der Waals surface area contributed by atoms with Crippen molar-refractivity contribution < 1.29 is 28.7 Å². The zero-order valence-corrected chi connectivity index (χ0v) is 19.1. The highest BCUT2D eigenvalue weighted by Gasteiger charge is 2.46. The van der Waals surface area contributed by atoms with Gasteiger partial charge in [-0.05, 0) is 24.7 Å². The second-order valence-electron chi connectivity index (χ2n) is 8.80. The van der Waals surface area contributed by atoms with Gasteiger partial charge >= 0.3 is 0 Å². The minimum Gasteiger partial charge on any atom is -0.492 e. The van der Waals surface area contributed by atoms with Crippen LogP contribution in [0.4, 0.5) is 0 Å². The number of allylic oxidation sites excluding steroid dienone is 4. The van der Waals surface area contributed by atoms with Crippen LogP contribution in [0.3, 0.4) is 0 Å². The minimum atomic E-state index is -0.448. The van der Waals surface area contributed by atoms with Crippen molar-refractivity contribution in [3.8, 4) is 0 Å². The first-order chi connectivity index (χ1) is 16.5. The lowest BCUT2D eigenvalue weighted by Gasteiger charge is -2.37. The van der Waals surface area contributed by atoms with Crippen molar-refractivity contribution >= 4 is 23.1 Å². The summed E-state index contributed by atoms with van der Waals surface area (Å²) in [5, 5.41) is 0. The number of ketones is 4. The minimum absolute atomic E-state index is 0.0233. The lowest BCUT2D eigenvalue weighted by molar-refractivity contribution is 0.0859. The normalized spacial score (nSPS) is 22.5. The number of ether oxygens (including phenoxy) is 2. The summed E-state index contributed by atoms with van der Waals surface area (Å²) in [6.45, 7) is 0. The van der Waals surface area contributed by atoms with Crippen molar-refractivity contribution in [2.75, 3.05) is 14.2 Å². The van der Waals surface area contributed by atoms with Gasteiger partial charge in [-0.15, -0.1) is 0 Å². The summed E-state index contributed by atoms with van der Waals surface area (Å²) >= 11 is 0. The lowest BCUT2D eigenvalue weighted by Crippen LogP contribution is -2.36. The molecule has 6 nitrogen and oxygen atoms in total. The van der Waals surface area contributed by atoms with Gasteiger partial charge in [0.15, 0.2) is 23.1 Å². The molecular weight excluding hydrogens is 432 g/mol. The molecule has 6 heteroatoms. The van der Waals surface area contributed by atoms with E-state index in [-0.39, 0.29) is 45.8 Å². The summed E-state index contributed by atoms with van der Waals surface area (Å²) in [4.78, 5) is 53.8. The molecule has 172 valence electrons. The molecular formula is C28H24O6. The number of hydrogen-bond acceptors (Lipinski definition) is 6. The van der Waals surface area contributed by atoms with Gasteiger partial charge < -0.3 is 9.47 Å². The SMILES string of the molecule is COC1=C(C2CCCCC2C2=C(OC)C(=O)c3ccccc3C2=O)C(=O)c2ccccc2C1=O. The number of carbonyl (C=O) groups is 4. The van der Waals surface area contributed by atoms with Gasteiger partial charge in [0.2, 0.25) is 11.6 Å². The van der Waals surface area contributed by atoms with Crippen LogP contribution in [0.1, 0.15) is 67.1 Å². The van der Waals surface area contributed by atoms with Gasteiger partial charge in [-0.2, -0.15) is 0 Å². The van der Waals surface area contributed by atoms with Crippen molar-refractivity contribution in [2.45, 2.75) is 25.7 Å². The van der Waals surface area contributed by atoms with E-state index in [1.165, 1.54) is 14.2 Å². The standard InChI is InChI=1S/C28H24O6/c1-33-27-21(23(29)17-11-5-7-13-19(17)25(27)31)15-9-3-4-10-16(15)22-24(30)18-12-6-8-14-20(18)26(32)28(22)34-2/h5-8,11-16H,3-4,9-10H2,1-2H3. The van der Waals surface area contributed by atoms with Crippen LogP contribution in [-0.2, 0) is 9.47 Å². The predicted molar refractivity (Wildman–Crippen MR) is 124 cm³/mol. The number of rotatable bonds is 4. The third kappa shape index (κ3) is 3.16. The first-order valence-electron chi connectivity index (χ1n) is 11.4. The number of Topliss-reactive ketones (excluding diaryl/α,β-unsaturated/α-hetero) is 4. The molecule has 0 spiro atoms. The molecule has 3 aliphatic carbocycles. The Labute approximate surface area is 197 Å². The average Bonchev–Trinajstić information content (AvgIpc) is 2.88. The van der Waals surface area contributed by atoms with E-state index < -0.39 is 11.8 Å². The summed E-state index contributed by atoms with van der Waals surface area (Å²) in [6, 6.07) is 13.4. The number of fused-ring (bicyclic) bond motifs is 2. The Morgan fingerprint density at radius 2 is 0.882 bits per heavy atom. The molecule has 2 atom stereocenters. The maximum Gasteiger partial charge on any atom is 0.228 e. The van der Waals surface area contributed by atoms with Crippen LogP contribution in [0, 0.1) is 11.8 Å². The fourth-order valence-electron chi connectivity index (χ4n) is 5.64. The van der Waals surface area contributed by atoms with Gasteiger partial charge in [-0.3, -0.25) is 19.2 Å². The molecule has 34 heavy (non-hydrogen) atoms. The van der Waals surface area contributed by atoms with Gasteiger partial charge in [0, 0.05) is 33.4 Å². The monoisotopic (exact) mass is 456 g/mol. The Balaban J connectivity index is 1.68. The van der Waals surface area contributed by atoms with Crippen LogP contribution >= 0.6 is 0 Å². The first-order valence-corrected chi connectivity index (χ1v) is 11.4. The highest BCUT2D eigenvalue weighted by atomic mass is 16.5. The molecule has 2 aromatic carbocycles. The fourth-order valence-corrected chi connectivity index (χ4v) is 5.64. The number of carbonyl (C=O) groups excluding carboxylic acids is 4. The predicted octanol–water partition coefficient (Wildman–Crippen LogP) is 4.75. The maximum absolute atomic E-state index is 13.7. The Morgan fingerprint density at radius 1 is 0.559 bits per heavy atom. The molecule has 0 aromatic heterocycles. The van der Waals surface area contributed by atoms with Crippen LogP contribution < -0.4 is 0 Å². The third-order valence-electron chi connectivity index (χ3n) is 7.14. The molecule has 5 rings (SSSR count). The topological polar surface area (TPSA) is 86.7 Å². The highest BCUT2D eigenvalue weighted by molar-refractivity contribution is 6.28. The van der Waals surface area contributed by atoms with Gasteiger partial charge in [-0.1, -0.05) is 61.4 Å². The van der Waals surface area contributed by atoms with E-state index in [1.54, 1.807) is 48.5 Å². The van der Waals surface area contributed by atoms with E-state index in [0.717, 1.165) is 12.8 Å². The fraction of sp³-hybridized carbons (Fsp3) is 0.286. The van der Waals surface area contributed by atoms with E-state index in [2.05, 4.69) is 0 Å². The zero-order chi connectivity index (χ0) is 24.0. The van der Waals surface area contributed by atoms with Crippen molar-refractivity contribution in [3.05, 3.63) is 93.4 Å². The van der Waals surface area contributed by atoms with Crippen molar-refractivity contribution in [2.24, 2.45) is 11.8 Å². The van der Waals surface area contributed by atoms with Gasteiger partial charge in [-0.25, -0.2) is 0 Å². The van der Waals surface area contributed by atoms with E-state index in [9.17, 15) is 19.2 Å². The molecule has 0 bridgehead atoms. The smallest absolute Gasteiger partial charge is 0.228 e. The van der Waals surface area contributed by atoms with E-state index in [4.69, 9.17) is 9.47 Å². The average molecular weight is 456 g/mol. The highest BCUT2D eigenvalue weighted by Crippen LogP contribution is 2.46. The van der Waals surface area contributed by atoms with Crippen LogP contribution in [-0.4, -0.2) is 37.4 Å². The zero-order valence-electron chi connectivity index (χ0n) is 19.1. The molecule has 0 heterocycles. The van der Waals surface area contributed by atoms with Crippen molar-refractivity contribution in [1.82, 2.24) is 0 Å². The molecule has 0 amide bonds. The van der Waals surface area contributed by atoms with Gasteiger partial charge in [0.1, 0.15) is 0 Å². The molecule has 1 fully saturated rings. The molecule has 2 aromatic rings. The third-order valence-corrected chi connectivity index (χ3v) is 7.14. The molecule has 0 saturated heterocycles. The van der Waals surface area contributed by atoms with Gasteiger partial charge in [0.25, 0.3) is 0 Å². The summed E-state index contributed by atoms with van der Waals surface area (Å²) in [6.07, 6.45) is 2.85. The quantitative estimate of drug-likeness (QED) is 0.660. The Morgan fingerprint density at radius 3 is 1.21 bits per heavy atom. The number of hydrogen-bond donors (Lipinski definition) is 0. The first kappa shape index (κ1) is 22.0. The van der Waals surface area contributed by atoms with Crippen LogP contribution in [0.15, 0.2) is 71.2 Å². The Hall–Kier alpha value is -3.80. The van der Waals surface area contributed by atoms with Crippen molar-refractivity contribution in [3.63, 3.8) is 0 Å². The van der Waals surface area contributed by atoms with Crippen LogP contribution in [0.25, 0.3) is 0 Å². The number of benzene rings is 2. The molecule has 1 saturated carbocycles. The molecule has 0 radical (unpaired) electrons. The summed E-state index contributed by atoms with van der Waals surface area (Å²) in [5.74, 6) is -2.06. The second-order valence-corrected chi connectivity index (χ2v) is 8.80. The largest absolute Gasteiger partial charge is 0.492 e. The Kier molecular flexibility index (Phi) is 5.52. The lowest BCUT2D eigenvalue weighted by atomic mass is 9.66. The van der Waals surface area contributed by atoms with Crippen LogP contribution in [0.5, 0.6) is 0 Å². The van der Waals surface area contributed by atoms with Gasteiger partial charge in [0.05, 0.1) is 14.2 Å². The Bertz CT molecular complexity index is 1210. The van der Waals surface area contributed by atoms with E-state index in [0.29, 0.717) is 35.1 Å². The van der Waals surface area contributed by atoms with E-state index >= 15 is 0 Å². The molecule has 0 aliphatic heterocycles. The summed E-state index contributed by atoms with van der Waals surface area (Å²) in [5.41, 5.74) is 1.89. The number of methoxy groups -OCH3 is 2.